The van der Waals surface area contributed by atoms with Crippen molar-refractivity contribution in [1.82, 2.24) is 5.32 Å². The van der Waals surface area contributed by atoms with Crippen molar-refractivity contribution in [2.24, 2.45) is 5.73 Å². The number of hydrogen-bond acceptors (Lipinski definition) is 2. The molecule has 0 saturated carbocycles. The maximum Gasteiger partial charge on any atom is 0.326 e. The number of carbonyl (C=O) groups excluding carboxylic acids is 1. The average molecular weight is 299 g/mol. The highest BCUT2D eigenvalue weighted by Crippen LogP contribution is 2.27. The highest BCUT2D eigenvalue weighted by Gasteiger charge is 2.09. The molecule has 2 amide bonds. The summed E-state index contributed by atoms with van der Waals surface area (Å²) in [7, 11) is 0. The first-order valence-corrected chi connectivity index (χ1v) is 6.03. The average Bonchev–Trinajstić information content (AvgIpc) is 2.22. The van der Waals surface area contributed by atoms with Gasteiger partial charge in [0.2, 0.25) is 0 Å². The lowest BCUT2D eigenvalue weighted by Gasteiger charge is -2.12. The lowest BCUT2D eigenvalue weighted by molar-refractivity contribution is 0.256. The Bertz CT molecular complexity index is 433. The summed E-state index contributed by atoms with van der Waals surface area (Å²) < 4.78 is 0.808. The van der Waals surface area contributed by atoms with E-state index in [0.717, 1.165) is 22.9 Å². The second-order valence-corrected chi connectivity index (χ2v) is 4.37. The molecule has 17 heavy (non-hydrogen) atoms. The first-order chi connectivity index (χ1) is 8.04. The zero-order chi connectivity index (χ0) is 12.8. The molecule has 5 N–H and O–H groups in total. The van der Waals surface area contributed by atoms with E-state index in [9.17, 15) is 4.79 Å². The number of nitrogens with two attached hydrogens (primary N) is 1. The van der Waals surface area contributed by atoms with Crippen LogP contribution in [-0.2, 0) is 6.42 Å². The molecule has 0 heterocycles. The summed E-state index contributed by atoms with van der Waals surface area (Å²) in [5, 5.41) is 11.8. The Hall–Kier alpha value is -1.56. The number of hydrogen-bond donors (Lipinski definition) is 4. The van der Waals surface area contributed by atoms with E-state index < -0.39 is 6.03 Å². The van der Waals surface area contributed by atoms with Gasteiger partial charge in [0, 0.05) is 4.47 Å². The van der Waals surface area contributed by atoms with Crippen LogP contribution in [0.25, 0.3) is 0 Å². The molecule has 0 bridgehead atoms. The van der Waals surface area contributed by atoms with Gasteiger partial charge in [-0.25, -0.2) is 4.79 Å². The van der Waals surface area contributed by atoms with Crippen molar-refractivity contribution in [3.63, 3.8) is 0 Å². The van der Waals surface area contributed by atoms with E-state index in [1.165, 1.54) is 0 Å². The number of benzene rings is 1. The van der Waals surface area contributed by atoms with Gasteiger partial charge >= 0.3 is 6.03 Å². The maximum atomic E-state index is 11.5. The van der Waals surface area contributed by atoms with Crippen molar-refractivity contribution in [1.29, 1.82) is 5.41 Å². The summed E-state index contributed by atoms with van der Waals surface area (Å²) in [6.07, 6.45) is 1.86. The van der Waals surface area contributed by atoms with E-state index in [4.69, 9.17) is 11.1 Å². The van der Waals surface area contributed by atoms with E-state index in [1.807, 2.05) is 18.2 Å². The van der Waals surface area contributed by atoms with Gasteiger partial charge in [-0.3, -0.25) is 10.7 Å². The minimum absolute atomic E-state index is 0.383. The lowest BCUT2D eigenvalue weighted by Crippen LogP contribution is -2.38. The molecular weight excluding hydrogens is 284 g/mol. The minimum Gasteiger partial charge on any atom is -0.370 e. The molecule has 0 saturated heterocycles. The molecule has 1 rings (SSSR count). The first kappa shape index (κ1) is 13.5. The fraction of sp³-hybridized carbons (Fsp3) is 0.273. The fourth-order valence-corrected chi connectivity index (χ4v) is 1.96. The summed E-state index contributed by atoms with van der Waals surface area (Å²) >= 11 is 3.38. The molecule has 0 fully saturated rings. The molecule has 0 aliphatic carbocycles. The molecular formula is C11H15BrN4O. The van der Waals surface area contributed by atoms with E-state index >= 15 is 0 Å². The zero-order valence-electron chi connectivity index (χ0n) is 9.51. The third kappa shape index (κ3) is 4.07. The summed E-state index contributed by atoms with van der Waals surface area (Å²) in [5.74, 6) is -0.383. The quantitative estimate of drug-likeness (QED) is 0.510. The second-order valence-electron chi connectivity index (χ2n) is 3.52. The molecule has 0 unspecified atom stereocenters. The van der Waals surface area contributed by atoms with Gasteiger partial charge in [0.25, 0.3) is 0 Å². The Balaban J connectivity index is 2.88. The van der Waals surface area contributed by atoms with Gasteiger partial charge in [-0.2, -0.15) is 0 Å². The van der Waals surface area contributed by atoms with E-state index in [-0.39, 0.29) is 5.96 Å². The summed E-state index contributed by atoms with van der Waals surface area (Å²) in [6.45, 7) is 2.07. The number of para-hydroxylation sites is 1. The Morgan fingerprint density at radius 1 is 1.53 bits per heavy atom. The number of urea groups is 1. The summed E-state index contributed by atoms with van der Waals surface area (Å²) in [6, 6.07) is 5.21. The monoisotopic (exact) mass is 298 g/mol. The number of rotatable bonds is 3. The fourth-order valence-electron chi connectivity index (χ4n) is 1.45. The van der Waals surface area contributed by atoms with Crippen LogP contribution in [0.3, 0.4) is 0 Å². The normalized spacial score (nSPS) is 9.76. The highest BCUT2D eigenvalue weighted by molar-refractivity contribution is 9.10. The molecule has 0 atom stereocenters. The number of nitrogens with one attached hydrogen (secondary N) is 3. The van der Waals surface area contributed by atoms with Crippen molar-refractivity contribution in [3.05, 3.63) is 28.2 Å². The van der Waals surface area contributed by atoms with Crippen molar-refractivity contribution in [2.75, 3.05) is 5.32 Å². The molecule has 0 aromatic heterocycles. The highest BCUT2D eigenvalue weighted by atomic mass is 79.9. The molecule has 0 spiro atoms. The number of anilines is 1. The SMILES string of the molecule is CCCc1cccc(Br)c1NC(=O)NC(=N)N. The van der Waals surface area contributed by atoms with Gasteiger partial charge in [-0.15, -0.1) is 0 Å². The molecule has 1 aromatic rings. The van der Waals surface area contributed by atoms with Crippen LogP contribution < -0.4 is 16.4 Å². The van der Waals surface area contributed by atoms with E-state index in [2.05, 4.69) is 33.5 Å². The molecule has 0 aliphatic heterocycles. The number of halogens is 1. The van der Waals surface area contributed by atoms with E-state index in [1.54, 1.807) is 0 Å². The third-order valence-corrected chi connectivity index (χ3v) is 2.77. The predicted octanol–water partition coefficient (Wildman–Crippen LogP) is 2.42. The van der Waals surface area contributed by atoms with Crippen molar-refractivity contribution < 1.29 is 4.79 Å². The number of amides is 2. The molecule has 5 nitrogen and oxygen atoms in total. The van der Waals surface area contributed by atoms with Crippen LogP contribution in [0.5, 0.6) is 0 Å². The Labute approximate surface area is 108 Å². The van der Waals surface area contributed by atoms with Gasteiger partial charge in [-0.05, 0) is 34.0 Å². The molecule has 0 aliphatic rings. The molecule has 1 aromatic carbocycles. The minimum atomic E-state index is -0.512. The second kappa shape index (κ2) is 6.24. The van der Waals surface area contributed by atoms with Gasteiger partial charge < -0.3 is 11.1 Å². The van der Waals surface area contributed by atoms with Crippen LogP contribution in [0.4, 0.5) is 10.5 Å². The van der Waals surface area contributed by atoms with Gasteiger partial charge in [-0.1, -0.05) is 25.5 Å². The van der Waals surface area contributed by atoms with Crippen LogP contribution in [0.1, 0.15) is 18.9 Å². The first-order valence-electron chi connectivity index (χ1n) is 5.24. The standard InChI is InChI=1S/C11H15BrN4O/c1-2-4-7-5-3-6-8(12)9(7)15-11(17)16-10(13)14/h3,5-6H,2,4H2,1H3,(H5,13,14,15,16,17). The maximum absolute atomic E-state index is 11.5. The number of carbonyl (C=O) groups is 1. The third-order valence-electron chi connectivity index (χ3n) is 2.11. The Kier molecular flexibility index (Phi) is 4.96. The molecule has 0 radical (unpaired) electrons. The molecule has 6 heteroatoms. The largest absolute Gasteiger partial charge is 0.370 e. The number of guanidine groups is 1. The van der Waals surface area contributed by atoms with Crippen molar-refractivity contribution in [2.45, 2.75) is 19.8 Å². The van der Waals surface area contributed by atoms with Crippen LogP contribution in [-0.4, -0.2) is 12.0 Å². The van der Waals surface area contributed by atoms with E-state index in [0.29, 0.717) is 5.69 Å². The topological polar surface area (TPSA) is 91.0 Å². The van der Waals surface area contributed by atoms with Crippen LogP contribution >= 0.6 is 15.9 Å². The zero-order valence-corrected chi connectivity index (χ0v) is 11.1. The smallest absolute Gasteiger partial charge is 0.326 e. The van der Waals surface area contributed by atoms with Crippen LogP contribution in [0, 0.1) is 5.41 Å². The van der Waals surface area contributed by atoms with Gasteiger partial charge in [0.15, 0.2) is 5.96 Å². The predicted molar refractivity (Wildman–Crippen MR) is 72.2 cm³/mol. The van der Waals surface area contributed by atoms with Crippen molar-refractivity contribution in [3.8, 4) is 0 Å². The molecule has 92 valence electrons. The summed E-state index contributed by atoms with van der Waals surface area (Å²) in [4.78, 5) is 11.5. The lowest BCUT2D eigenvalue weighted by atomic mass is 10.1. The van der Waals surface area contributed by atoms with Crippen molar-refractivity contribution >= 4 is 33.6 Å². The Morgan fingerprint density at radius 3 is 2.82 bits per heavy atom. The van der Waals surface area contributed by atoms with Gasteiger partial charge in [0.1, 0.15) is 0 Å². The van der Waals surface area contributed by atoms with Gasteiger partial charge in [0.05, 0.1) is 5.69 Å². The van der Waals surface area contributed by atoms with Crippen LogP contribution in [0.15, 0.2) is 22.7 Å². The Morgan fingerprint density at radius 2 is 2.24 bits per heavy atom. The number of aryl methyl sites for hydroxylation is 1. The van der Waals surface area contributed by atoms with Crippen LogP contribution in [0.2, 0.25) is 0 Å². The summed E-state index contributed by atoms with van der Waals surface area (Å²) in [5.41, 5.74) is 6.84.